The number of unbranched alkanes of at least 4 members (excludes halogenated alkanes) is 3. The van der Waals surface area contributed by atoms with Crippen LogP contribution in [-0.4, -0.2) is 42.9 Å². The summed E-state index contributed by atoms with van der Waals surface area (Å²) in [5, 5.41) is 5.70. The molecule has 8 nitrogen and oxygen atoms in total. The Morgan fingerprint density at radius 1 is 1.25 bits per heavy atom. The fourth-order valence-corrected chi connectivity index (χ4v) is 2.71. The summed E-state index contributed by atoms with van der Waals surface area (Å²) in [5.74, 6) is -0.107. The number of hydrogen-bond acceptors (Lipinski definition) is 5. The summed E-state index contributed by atoms with van der Waals surface area (Å²) >= 11 is 0. The summed E-state index contributed by atoms with van der Waals surface area (Å²) in [5.41, 5.74) is 10.8. The lowest BCUT2D eigenvalue weighted by Gasteiger charge is -2.14. The van der Waals surface area contributed by atoms with E-state index in [-0.39, 0.29) is 30.1 Å². The van der Waals surface area contributed by atoms with Gasteiger partial charge in [-0.3, -0.25) is 10.2 Å². The van der Waals surface area contributed by atoms with Crippen LogP contribution in [0, 0.1) is 0 Å². The Bertz CT molecular complexity index is 405. The standard InChI is InChI=1S/C16H31N5O3/c1-12-14(19-16(24)18-12)8-3-2-4-9-15(23)21-20-13(11-22)7-5-6-10-17/h11-14,20H,2-10,17H2,1H3,(H,21,23)(H2,18,19,24)/t12?,13-,14?/m0/s1. The SMILES string of the molecule is CC1NC(=O)NC1CCCCCC(=O)NN[C@H](C=O)CCCCN. The van der Waals surface area contributed by atoms with Crippen molar-refractivity contribution in [1.82, 2.24) is 21.5 Å². The molecule has 1 saturated heterocycles. The average molecular weight is 341 g/mol. The first-order valence-corrected chi connectivity index (χ1v) is 8.83. The van der Waals surface area contributed by atoms with E-state index in [1.165, 1.54) is 0 Å². The molecule has 1 rings (SSSR count). The Labute approximate surface area is 143 Å². The maximum Gasteiger partial charge on any atom is 0.315 e. The molecule has 1 fully saturated rings. The number of nitrogens with one attached hydrogen (secondary N) is 4. The topological polar surface area (TPSA) is 125 Å². The molecule has 138 valence electrons. The number of carbonyl (C=O) groups excluding carboxylic acids is 3. The molecule has 24 heavy (non-hydrogen) atoms. The normalized spacial score (nSPS) is 21.0. The number of urea groups is 1. The number of hydrogen-bond donors (Lipinski definition) is 5. The predicted octanol–water partition coefficient (Wildman–Crippen LogP) is 0.324. The number of hydrazine groups is 1. The minimum atomic E-state index is -0.361. The van der Waals surface area contributed by atoms with Crippen molar-refractivity contribution in [2.45, 2.75) is 76.4 Å². The largest absolute Gasteiger partial charge is 0.334 e. The molecule has 0 spiro atoms. The van der Waals surface area contributed by atoms with Crippen LogP contribution in [0.25, 0.3) is 0 Å². The number of nitrogens with two attached hydrogens (primary N) is 1. The third-order valence-corrected chi connectivity index (χ3v) is 4.23. The molecule has 0 aromatic heterocycles. The summed E-state index contributed by atoms with van der Waals surface area (Å²) in [7, 11) is 0. The molecular weight excluding hydrogens is 310 g/mol. The van der Waals surface area contributed by atoms with Gasteiger partial charge in [-0.15, -0.1) is 0 Å². The molecule has 2 unspecified atom stereocenters. The van der Waals surface area contributed by atoms with Gasteiger partial charge >= 0.3 is 6.03 Å². The van der Waals surface area contributed by atoms with Gasteiger partial charge in [0.05, 0.1) is 12.1 Å². The van der Waals surface area contributed by atoms with Crippen LogP contribution in [0.1, 0.15) is 58.3 Å². The maximum absolute atomic E-state index is 11.7. The molecule has 3 atom stereocenters. The quantitative estimate of drug-likeness (QED) is 0.187. The Kier molecular flexibility index (Phi) is 10.0. The third-order valence-electron chi connectivity index (χ3n) is 4.23. The zero-order valence-electron chi connectivity index (χ0n) is 14.5. The third kappa shape index (κ3) is 8.26. The van der Waals surface area contributed by atoms with E-state index in [2.05, 4.69) is 21.5 Å². The summed E-state index contributed by atoms with van der Waals surface area (Å²) in [6.07, 6.45) is 7.22. The highest BCUT2D eigenvalue weighted by Gasteiger charge is 2.26. The van der Waals surface area contributed by atoms with Gasteiger partial charge in [0.2, 0.25) is 5.91 Å². The second-order valence-corrected chi connectivity index (χ2v) is 6.33. The molecule has 6 N–H and O–H groups in total. The first kappa shape index (κ1) is 20.4. The highest BCUT2D eigenvalue weighted by molar-refractivity contribution is 5.77. The lowest BCUT2D eigenvalue weighted by molar-refractivity contribution is -0.122. The van der Waals surface area contributed by atoms with Gasteiger partial charge in [0.1, 0.15) is 6.29 Å². The van der Waals surface area contributed by atoms with E-state index in [1.54, 1.807) is 0 Å². The molecule has 1 aliphatic heterocycles. The maximum atomic E-state index is 11.7. The van der Waals surface area contributed by atoms with Crippen LogP contribution < -0.4 is 27.2 Å². The van der Waals surface area contributed by atoms with E-state index in [0.29, 0.717) is 19.4 Å². The van der Waals surface area contributed by atoms with Crippen LogP contribution in [0.3, 0.4) is 0 Å². The molecule has 3 amide bonds. The molecule has 0 aromatic rings. The highest BCUT2D eigenvalue weighted by atomic mass is 16.2. The molecule has 0 radical (unpaired) electrons. The molecule has 0 bridgehead atoms. The Morgan fingerprint density at radius 2 is 2.04 bits per heavy atom. The van der Waals surface area contributed by atoms with Gasteiger partial charge in [-0.2, -0.15) is 0 Å². The molecule has 0 aliphatic carbocycles. The first-order valence-electron chi connectivity index (χ1n) is 8.83. The zero-order chi connectivity index (χ0) is 17.8. The number of amides is 3. The van der Waals surface area contributed by atoms with Gasteiger partial charge < -0.3 is 21.2 Å². The van der Waals surface area contributed by atoms with Crippen LogP contribution in [0.2, 0.25) is 0 Å². The van der Waals surface area contributed by atoms with Gasteiger partial charge in [0.25, 0.3) is 0 Å². The minimum Gasteiger partial charge on any atom is -0.334 e. The van der Waals surface area contributed by atoms with E-state index < -0.39 is 0 Å². The molecule has 0 saturated carbocycles. The van der Waals surface area contributed by atoms with E-state index in [1.807, 2.05) is 6.92 Å². The van der Waals surface area contributed by atoms with Crippen molar-refractivity contribution >= 4 is 18.2 Å². The molecule has 1 aliphatic rings. The van der Waals surface area contributed by atoms with Crippen molar-refractivity contribution in [2.24, 2.45) is 5.73 Å². The van der Waals surface area contributed by atoms with Crippen LogP contribution in [0.4, 0.5) is 4.79 Å². The monoisotopic (exact) mass is 341 g/mol. The molecular formula is C16H31N5O3. The fourth-order valence-electron chi connectivity index (χ4n) is 2.71. The van der Waals surface area contributed by atoms with E-state index >= 15 is 0 Å². The minimum absolute atomic E-state index is 0.103. The van der Waals surface area contributed by atoms with Crippen LogP contribution in [0.15, 0.2) is 0 Å². The Morgan fingerprint density at radius 3 is 2.67 bits per heavy atom. The van der Waals surface area contributed by atoms with E-state index in [4.69, 9.17) is 5.73 Å². The summed E-state index contributed by atoms with van der Waals surface area (Å²) in [4.78, 5) is 33.8. The average Bonchev–Trinajstić information content (AvgIpc) is 2.88. The van der Waals surface area contributed by atoms with Crippen LogP contribution >= 0.6 is 0 Å². The predicted molar refractivity (Wildman–Crippen MR) is 92.0 cm³/mol. The smallest absolute Gasteiger partial charge is 0.315 e. The van der Waals surface area contributed by atoms with Crippen molar-refractivity contribution in [1.29, 1.82) is 0 Å². The fraction of sp³-hybridized carbons (Fsp3) is 0.812. The number of aldehydes is 1. The van der Waals surface area contributed by atoms with Crippen molar-refractivity contribution in [3.63, 3.8) is 0 Å². The van der Waals surface area contributed by atoms with Crippen molar-refractivity contribution in [2.75, 3.05) is 6.54 Å². The van der Waals surface area contributed by atoms with Gasteiger partial charge in [0, 0.05) is 12.5 Å². The summed E-state index contributed by atoms with van der Waals surface area (Å²) in [6.45, 7) is 2.59. The molecule has 0 aromatic carbocycles. The second kappa shape index (κ2) is 11.8. The summed E-state index contributed by atoms with van der Waals surface area (Å²) in [6, 6.07) is -0.131. The number of rotatable bonds is 13. The van der Waals surface area contributed by atoms with Gasteiger partial charge in [-0.05, 0) is 39.2 Å². The van der Waals surface area contributed by atoms with E-state index in [9.17, 15) is 14.4 Å². The second-order valence-electron chi connectivity index (χ2n) is 6.33. The van der Waals surface area contributed by atoms with Crippen LogP contribution in [-0.2, 0) is 9.59 Å². The van der Waals surface area contributed by atoms with E-state index in [0.717, 1.165) is 44.8 Å². The highest BCUT2D eigenvalue weighted by Crippen LogP contribution is 2.11. The van der Waals surface area contributed by atoms with Gasteiger partial charge in [-0.25, -0.2) is 10.2 Å². The lowest BCUT2D eigenvalue weighted by Crippen LogP contribution is -2.45. The number of carbonyl (C=O) groups is 3. The van der Waals surface area contributed by atoms with Crippen LogP contribution in [0.5, 0.6) is 0 Å². The first-order chi connectivity index (χ1) is 11.6. The van der Waals surface area contributed by atoms with Gasteiger partial charge in [0.15, 0.2) is 0 Å². The Hall–Kier alpha value is -1.67. The zero-order valence-corrected chi connectivity index (χ0v) is 14.5. The van der Waals surface area contributed by atoms with Crippen molar-refractivity contribution in [3.8, 4) is 0 Å². The van der Waals surface area contributed by atoms with Crippen molar-refractivity contribution < 1.29 is 14.4 Å². The molecule has 8 heteroatoms. The van der Waals surface area contributed by atoms with Crippen molar-refractivity contribution in [3.05, 3.63) is 0 Å². The molecule has 1 heterocycles. The Balaban J connectivity index is 2.03. The lowest BCUT2D eigenvalue weighted by atomic mass is 10.0. The summed E-state index contributed by atoms with van der Waals surface area (Å²) < 4.78 is 0. The van der Waals surface area contributed by atoms with Gasteiger partial charge in [-0.1, -0.05) is 19.3 Å².